The predicted molar refractivity (Wildman–Crippen MR) is 90.0 cm³/mol. The van der Waals surface area contributed by atoms with Crippen LogP contribution in [0.3, 0.4) is 0 Å². The molecule has 1 aromatic rings. The second kappa shape index (κ2) is 9.00. The Labute approximate surface area is 138 Å². The highest BCUT2D eigenvalue weighted by Crippen LogP contribution is 2.13. The van der Waals surface area contributed by atoms with Gasteiger partial charge in [0.15, 0.2) is 0 Å². The molecule has 0 fully saturated rings. The lowest BCUT2D eigenvalue weighted by Crippen LogP contribution is -2.43. The van der Waals surface area contributed by atoms with Gasteiger partial charge < -0.3 is 5.11 Å². The van der Waals surface area contributed by atoms with Crippen molar-refractivity contribution in [2.45, 2.75) is 33.7 Å². The van der Waals surface area contributed by atoms with Crippen molar-refractivity contribution in [3.8, 4) is 0 Å². The van der Waals surface area contributed by atoms with E-state index in [9.17, 15) is 18.3 Å². The Morgan fingerprint density at radius 2 is 1.87 bits per heavy atom. The zero-order valence-corrected chi connectivity index (χ0v) is 14.7. The minimum absolute atomic E-state index is 0.0961. The van der Waals surface area contributed by atoms with Gasteiger partial charge in [-0.1, -0.05) is 51.1 Å². The van der Waals surface area contributed by atoms with Crippen LogP contribution in [0.4, 0.5) is 0 Å². The van der Waals surface area contributed by atoms with Gasteiger partial charge in [-0.05, 0) is 17.9 Å². The zero-order valence-electron chi connectivity index (χ0n) is 13.9. The van der Waals surface area contributed by atoms with E-state index < -0.39 is 22.1 Å². The summed E-state index contributed by atoms with van der Waals surface area (Å²) in [6.07, 6.45) is 0.433. The van der Waals surface area contributed by atoms with Crippen LogP contribution in [-0.2, 0) is 21.5 Å². The summed E-state index contributed by atoms with van der Waals surface area (Å²) >= 11 is 0. The van der Waals surface area contributed by atoms with Crippen molar-refractivity contribution in [1.29, 1.82) is 0 Å². The first-order valence-electron chi connectivity index (χ1n) is 7.77. The number of nitrogens with one attached hydrogen (secondary N) is 1. The first-order valence-corrected chi connectivity index (χ1v) is 9.21. The highest BCUT2D eigenvalue weighted by molar-refractivity contribution is 7.87. The lowest BCUT2D eigenvalue weighted by atomic mass is 9.98. The number of aliphatic carboxylic acids is 1. The fraction of sp³-hybridized carbons (Fsp3) is 0.562. The van der Waals surface area contributed by atoms with Gasteiger partial charge >= 0.3 is 5.97 Å². The molecule has 0 amide bonds. The van der Waals surface area contributed by atoms with Crippen LogP contribution in [0.2, 0.25) is 0 Å². The van der Waals surface area contributed by atoms with Gasteiger partial charge in [-0.3, -0.25) is 4.79 Å². The van der Waals surface area contributed by atoms with E-state index in [1.165, 1.54) is 4.31 Å². The molecule has 1 rings (SSSR count). The minimum Gasteiger partial charge on any atom is -0.481 e. The minimum atomic E-state index is -3.72. The molecule has 0 heterocycles. The van der Waals surface area contributed by atoms with Crippen LogP contribution >= 0.6 is 0 Å². The molecule has 2 N–H and O–H groups in total. The van der Waals surface area contributed by atoms with Gasteiger partial charge in [0.2, 0.25) is 0 Å². The smallest absolute Gasteiger partial charge is 0.307 e. The van der Waals surface area contributed by atoms with Crippen LogP contribution in [0.1, 0.15) is 32.8 Å². The molecular formula is C16H26N2O4S. The Morgan fingerprint density at radius 3 is 2.35 bits per heavy atom. The highest BCUT2D eigenvalue weighted by Gasteiger charge is 2.25. The Balaban J connectivity index is 2.73. The summed E-state index contributed by atoms with van der Waals surface area (Å²) in [5.41, 5.74) is 0.886. The molecule has 7 heteroatoms. The Morgan fingerprint density at radius 1 is 1.26 bits per heavy atom. The van der Waals surface area contributed by atoms with Crippen LogP contribution in [-0.4, -0.2) is 36.9 Å². The number of carboxylic acid groups (broad SMARTS) is 1. The Kier molecular flexibility index (Phi) is 7.67. The molecule has 0 aliphatic rings. The van der Waals surface area contributed by atoms with E-state index in [1.807, 2.05) is 44.2 Å². The third-order valence-corrected chi connectivity index (χ3v) is 5.11. The summed E-state index contributed by atoms with van der Waals surface area (Å²) < 4.78 is 28.5. The summed E-state index contributed by atoms with van der Waals surface area (Å²) in [5.74, 6) is -1.51. The molecule has 6 nitrogen and oxygen atoms in total. The van der Waals surface area contributed by atoms with E-state index in [4.69, 9.17) is 0 Å². The van der Waals surface area contributed by atoms with Crippen LogP contribution in [0.15, 0.2) is 30.3 Å². The summed E-state index contributed by atoms with van der Waals surface area (Å²) in [6.45, 7) is 6.06. The van der Waals surface area contributed by atoms with Crippen LogP contribution in [0.25, 0.3) is 0 Å². The molecule has 0 saturated heterocycles. The number of nitrogens with zero attached hydrogens (tertiary/aromatic N) is 1. The highest BCUT2D eigenvalue weighted by atomic mass is 32.2. The molecule has 1 aromatic carbocycles. The maximum Gasteiger partial charge on any atom is 0.307 e. The van der Waals surface area contributed by atoms with Crippen molar-refractivity contribution in [1.82, 2.24) is 9.03 Å². The molecule has 0 aromatic heterocycles. The maximum atomic E-state index is 12.4. The molecule has 0 bridgehead atoms. The van der Waals surface area contributed by atoms with Crippen LogP contribution in [0.5, 0.6) is 0 Å². The van der Waals surface area contributed by atoms with E-state index >= 15 is 0 Å². The molecule has 0 radical (unpaired) electrons. The average molecular weight is 342 g/mol. The predicted octanol–water partition coefficient (Wildman–Crippen LogP) is 2.09. The molecule has 1 atom stereocenters. The van der Waals surface area contributed by atoms with Crippen molar-refractivity contribution >= 4 is 16.2 Å². The topological polar surface area (TPSA) is 86.7 Å². The normalized spacial score (nSPS) is 13.4. The number of carbonyl (C=O) groups is 1. The van der Waals surface area contributed by atoms with Crippen LogP contribution < -0.4 is 4.72 Å². The maximum absolute atomic E-state index is 12.4. The van der Waals surface area contributed by atoms with Gasteiger partial charge in [-0.25, -0.2) is 4.72 Å². The monoisotopic (exact) mass is 342 g/mol. The molecule has 0 spiro atoms. The van der Waals surface area contributed by atoms with Gasteiger partial charge in [-0.2, -0.15) is 12.7 Å². The van der Waals surface area contributed by atoms with Crippen molar-refractivity contribution in [3.63, 3.8) is 0 Å². The van der Waals surface area contributed by atoms with Crippen molar-refractivity contribution in [3.05, 3.63) is 35.9 Å². The Hall–Kier alpha value is -1.44. The van der Waals surface area contributed by atoms with Crippen molar-refractivity contribution in [2.24, 2.45) is 11.8 Å². The number of benzene rings is 1. The molecule has 0 aliphatic heterocycles. The first-order chi connectivity index (χ1) is 10.8. The first kappa shape index (κ1) is 19.6. The van der Waals surface area contributed by atoms with Gasteiger partial charge in [0, 0.05) is 19.6 Å². The fourth-order valence-electron chi connectivity index (χ4n) is 2.29. The number of hydrogen-bond donors (Lipinski definition) is 2. The van der Waals surface area contributed by atoms with Gasteiger partial charge in [0.25, 0.3) is 10.2 Å². The zero-order chi connectivity index (χ0) is 17.5. The number of carboxylic acids is 1. The fourth-order valence-corrected chi connectivity index (χ4v) is 3.54. The van der Waals surface area contributed by atoms with Crippen molar-refractivity contribution < 1.29 is 18.3 Å². The SMILES string of the molecule is CCN(Cc1ccccc1)S(=O)(=O)NCC(CC(C)C)C(=O)O. The molecule has 130 valence electrons. The summed E-state index contributed by atoms with van der Waals surface area (Å²) in [4.78, 5) is 11.2. The summed E-state index contributed by atoms with van der Waals surface area (Å²) in [6, 6.07) is 9.29. The van der Waals surface area contributed by atoms with E-state index in [0.29, 0.717) is 13.0 Å². The largest absolute Gasteiger partial charge is 0.481 e. The van der Waals surface area contributed by atoms with E-state index in [0.717, 1.165) is 5.56 Å². The quantitative estimate of drug-likeness (QED) is 0.682. The van der Waals surface area contributed by atoms with Gasteiger partial charge in [0.05, 0.1) is 5.92 Å². The van der Waals surface area contributed by atoms with Crippen molar-refractivity contribution in [2.75, 3.05) is 13.1 Å². The second-order valence-electron chi connectivity index (χ2n) is 5.93. The molecule has 23 heavy (non-hydrogen) atoms. The summed E-state index contributed by atoms with van der Waals surface area (Å²) in [7, 11) is -3.72. The molecular weight excluding hydrogens is 316 g/mol. The third kappa shape index (κ3) is 6.68. The summed E-state index contributed by atoms with van der Waals surface area (Å²) in [5, 5.41) is 9.20. The standard InChI is InChI=1S/C16H26N2O4S/c1-4-18(12-14-8-6-5-7-9-14)23(21,22)17-11-15(16(19)20)10-13(2)3/h5-9,13,15,17H,4,10-12H2,1-3H3,(H,19,20). The Bertz CT molecular complexity index is 587. The molecule has 1 unspecified atom stereocenters. The van der Waals surface area contributed by atoms with Gasteiger partial charge in [-0.15, -0.1) is 0 Å². The second-order valence-corrected chi connectivity index (χ2v) is 7.69. The lowest BCUT2D eigenvalue weighted by molar-refractivity contribution is -0.142. The van der Waals surface area contributed by atoms with Gasteiger partial charge in [0.1, 0.15) is 0 Å². The molecule has 0 aliphatic carbocycles. The van der Waals surface area contributed by atoms with Crippen LogP contribution in [0, 0.1) is 11.8 Å². The third-order valence-electron chi connectivity index (χ3n) is 3.51. The van der Waals surface area contributed by atoms with E-state index in [-0.39, 0.29) is 19.0 Å². The average Bonchev–Trinajstić information content (AvgIpc) is 2.49. The van der Waals surface area contributed by atoms with E-state index in [1.54, 1.807) is 6.92 Å². The number of rotatable bonds is 10. The molecule has 0 saturated carbocycles. The number of hydrogen-bond acceptors (Lipinski definition) is 3. The van der Waals surface area contributed by atoms with E-state index in [2.05, 4.69) is 4.72 Å². The lowest BCUT2D eigenvalue weighted by Gasteiger charge is -2.22.